The number of rotatable bonds is 8. The van der Waals surface area contributed by atoms with Crippen LogP contribution >= 0.6 is 0 Å². The summed E-state index contributed by atoms with van der Waals surface area (Å²) < 4.78 is 0. The number of piperidine rings is 1. The molecule has 0 bridgehead atoms. The summed E-state index contributed by atoms with van der Waals surface area (Å²) >= 11 is 0. The summed E-state index contributed by atoms with van der Waals surface area (Å²) in [5.74, 6) is 5.71. The first-order chi connectivity index (χ1) is 16.1. The zero-order chi connectivity index (χ0) is 23.5. The minimum Gasteiger partial charge on any atom is -0.339 e. The quantitative estimate of drug-likeness (QED) is 0.200. The molecular formula is C25H31N5O3. The molecule has 1 aliphatic rings. The van der Waals surface area contributed by atoms with Gasteiger partial charge in [-0.3, -0.25) is 14.8 Å². The summed E-state index contributed by atoms with van der Waals surface area (Å²) in [4.78, 5) is 23.7. The summed E-state index contributed by atoms with van der Waals surface area (Å²) in [5.41, 5.74) is 10.2. The predicted octanol–water partition coefficient (Wildman–Crippen LogP) is 0.738. The van der Waals surface area contributed by atoms with E-state index < -0.39 is 17.9 Å². The molecule has 0 aromatic heterocycles. The Morgan fingerprint density at radius 2 is 1.76 bits per heavy atom. The Labute approximate surface area is 194 Å². The van der Waals surface area contributed by atoms with Crippen LogP contribution < -0.4 is 27.2 Å². The van der Waals surface area contributed by atoms with Gasteiger partial charge in [-0.25, -0.2) is 5.48 Å². The van der Waals surface area contributed by atoms with Crippen LogP contribution in [-0.2, 0) is 11.3 Å². The maximum atomic E-state index is 12.2. The zero-order valence-electron chi connectivity index (χ0n) is 18.6. The highest BCUT2D eigenvalue weighted by atomic mass is 16.5. The molecule has 174 valence electrons. The van der Waals surface area contributed by atoms with Crippen LogP contribution in [0, 0.1) is 17.8 Å². The van der Waals surface area contributed by atoms with Crippen molar-refractivity contribution in [3.63, 3.8) is 0 Å². The fraction of sp³-hybridized carbons (Fsp3) is 0.360. The molecule has 1 saturated heterocycles. The van der Waals surface area contributed by atoms with Crippen LogP contribution in [0.1, 0.15) is 39.9 Å². The van der Waals surface area contributed by atoms with E-state index in [2.05, 4.69) is 39.9 Å². The predicted molar refractivity (Wildman–Crippen MR) is 126 cm³/mol. The fourth-order valence-electron chi connectivity index (χ4n) is 3.63. The molecule has 8 heteroatoms. The van der Waals surface area contributed by atoms with Crippen molar-refractivity contribution in [3.8, 4) is 11.8 Å². The van der Waals surface area contributed by atoms with E-state index in [4.69, 9.17) is 10.9 Å². The van der Waals surface area contributed by atoms with Crippen LogP contribution in [0.15, 0.2) is 48.5 Å². The van der Waals surface area contributed by atoms with Crippen LogP contribution in [0.2, 0.25) is 0 Å². The van der Waals surface area contributed by atoms with E-state index in [0.29, 0.717) is 11.5 Å². The number of nitrogens with one attached hydrogen (secondary N) is 4. The summed E-state index contributed by atoms with van der Waals surface area (Å²) in [7, 11) is 0. The maximum Gasteiger partial charge on any atom is 0.267 e. The molecule has 33 heavy (non-hydrogen) atoms. The van der Waals surface area contributed by atoms with E-state index in [9.17, 15) is 9.59 Å². The van der Waals surface area contributed by atoms with Crippen molar-refractivity contribution in [1.29, 1.82) is 0 Å². The molecule has 2 aromatic carbocycles. The Hall–Kier alpha value is -3.22. The largest absolute Gasteiger partial charge is 0.339 e. The molecule has 1 heterocycles. The number of carbonyl (C=O) groups excluding carboxylic acids is 2. The van der Waals surface area contributed by atoms with Gasteiger partial charge in [-0.15, -0.1) is 0 Å². The second-order valence-electron chi connectivity index (χ2n) is 8.11. The molecule has 8 nitrogen and oxygen atoms in total. The van der Waals surface area contributed by atoms with Crippen molar-refractivity contribution in [2.75, 3.05) is 26.2 Å². The molecule has 7 N–H and O–H groups in total. The van der Waals surface area contributed by atoms with E-state index in [1.165, 1.54) is 23.9 Å². The third-order valence-electron chi connectivity index (χ3n) is 5.58. The van der Waals surface area contributed by atoms with Gasteiger partial charge in [-0.1, -0.05) is 24.0 Å². The third kappa shape index (κ3) is 7.70. The summed E-state index contributed by atoms with van der Waals surface area (Å²) in [6, 6.07) is 13.9. The number of carbonyl (C=O) groups is 2. The van der Waals surface area contributed by atoms with Crippen LogP contribution in [0.5, 0.6) is 0 Å². The summed E-state index contributed by atoms with van der Waals surface area (Å²) in [6.45, 7) is 3.98. The monoisotopic (exact) mass is 449 g/mol. The number of nitrogens with two attached hydrogens (primary N) is 1. The molecule has 2 aromatic rings. The van der Waals surface area contributed by atoms with E-state index in [1.54, 1.807) is 24.3 Å². The second-order valence-corrected chi connectivity index (χ2v) is 8.11. The number of hydrogen-bond acceptors (Lipinski definition) is 6. The van der Waals surface area contributed by atoms with Gasteiger partial charge in [0.2, 0.25) is 0 Å². The number of benzene rings is 2. The molecule has 1 aliphatic heterocycles. The average Bonchev–Trinajstić information content (AvgIpc) is 2.87. The smallest absolute Gasteiger partial charge is 0.267 e. The minimum absolute atomic E-state index is 0.130. The minimum atomic E-state index is -1.01. The Balaban J connectivity index is 1.50. The molecular weight excluding hydrogens is 418 g/mol. The van der Waals surface area contributed by atoms with Crippen LogP contribution in [0.3, 0.4) is 0 Å². The Morgan fingerprint density at radius 1 is 1.09 bits per heavy atom. The lowest BCUT2D eigenvalue weighted by Crippen LogP contribution is -2.50. The maximum absolute atomic E-state index is 12.2. The molecule has 1 unspecified atom stereocenters. The molecule has 1 fully saturated rings. The first kappa shape index (κ1) is 24.4. The topological polar surface area (TPSA) is 129 Å². The van der Waals surface area contributed by atoms with E-state index in [0.717, 1.165) is 37.3 Å². The van der Waals surface area contributed by atoms with Crippen LogP contribution in [0.4, 0.5) is 0 Å². The standard InChI is InChI=1S/C25H31N5O3/c26-14-23(25(32)30-33)29-24(31)22-11-9-19(10-12-22)4-3-18-5-7-20(8-6-18)15-28-17-21-2-1-13-27-16-21/h5-12,21,23,27-28,33H,1-2,13-17,26H2,(H,29,31)(H,30,32)/t21?,23-/m0/s1. The SMILES string of the molecule is NC[C@H](NC(=O)c1ccc(C#Cc2ccc(CNCC3CCCNC3)cc2)cc1)C(=O)NO. The molecule has 0 radical (unpaired) electrons. The lowest BCUT2D eigenvalue weighted by Gasteiger charge is -2.22. The van der Waals surface area contributed by atoms with Crippen molar-refractivity contribution >= 4 is 11.8 Å². The van der Waals surface area contributed by atoms with Gasteiger partial charge >= 0.3 is 0 Å². The van der Waals surface area contributed by atoms with E-state index in [-0.39, 0.29) is 6.54 Å². The van der Waals surface area contributed by atoms with Gasteiger partial charge in [0.25, 0.3) is 11.8 Å². The highest BCUT2D eigenvalue weighted by Crippen LogP contribution is 2.09. The van der Waals surface area contributed by atoms with Gasteiger partial charge in [0.1, 0.15) is 6.04 Å². The van der Waals surface area contributed by atoms with Crippen molar-refractivity contribution in [3.05, 3.63) is 70.8 Å². The molecule has 2 amide bonds. The third-order valence-corrected chi connectivity index (χ3v) is 5.58. The van der Waals surface area contributed by atoms with Gasteiger partial charge in [0.05, 0.1) is 0 Å². The Kier molecular flexibility index (Phi) is 9.42. The van der Waals surface area contributed by atoms with Crippen LogP contribution in [0.25, 0.3) is 0 Å². The molecule has 0 spiro atoms. The Bertz CT molecular complexity index is 974. The lowest BCUT2D eigenvalue weighted by atomic mass is 10.00. The van der Waals surface area contributed by atoms with Gasteiger partial charge in [-0.2, -0.15) is 0 Å². The number of amides is 2. The normalized spacial score (nSPS) is 16.2. The van der Waals surface area contributed by atoms with Crippen molar-refractivity contribution in [1.82, 2.24) is 21.4 Å². The van der Waals surface area contributed by atoms with Gasteiger partial charge in [0, 0.05) is 29.8 Å². The Morgan fingerprint density at radius 3 is 2.33 bits per heavy atom. The second kappa shape index (κ2) is 12.7. The molecule has 3 rings (SSSR count). The number of hydroxylamine groups is 1. The lowest BCUT2D eigenvalue weighted by molar-refractivity contribution is -0.130. The van der Waals surface area contributed by atoms with Crippen LogP contribution in [-0.4, -0.2) is 49.2 Å². The van der Waals surface area contributed by atoms with Crippen molar-refractivity contribution in [2.45, 2.75) is 25.4 Å². The zero-order valence-corrected chi connectivity index (χ0v) is 18.6. The molecule has 2 atom stereocenters. The first-order valence-corrected chi connectivity index (χ1v) is 11.2. The van der Waals surface area contributed by atoms with E-state index >= 15 is 0 Å². The summed E-state index contributed by atoms with van der Waals surface area (Å²) in [5, 5.41) is 18.1. The van der Waals surface area contributed by atoms with Crippen molar-refractivity contribution < 1.29 is 14.8 Å². The van der Waals surface area contributed by atoms with Gasteiger partial charge in [0.15, 0.2) is 0 Å². The average molecular weight is 450 g/mol. The number of hydrogen-bond donors (Lipinski definition) is 6. The van der Waals surface area contributed by atoms with E-state index in [1.807, 2.05) is 12.1 Å². The van der Waals surface area contributed by atoms with Gasteiger partial charge < -0.3 is 21.7 Å². The first-order valence-electron chi connectivity index (χ1n) is 11.2. The highest BCUT2D eigenvalue weighted by Gasteiger charge is 2.19. The van der Waals surface area contributed by atoms with Gasteiger partial charge in [-0.05, 0) is 80.4 Å². The molecule has 0 aliphatic carbocycles. The summed E-state index contributed by atoms with van der Waals surface area (Å²) in [6.07, 6.45) is 2.54. The van der Waals surface area contributed by atoms with Crippen molar-refractivity contribution in [2.24, 2.45) is 11.7 Å². The highest BCUT2D eigenvalue weighted by molar-refractivity contribution is 5.97. The fourth-order valence-corrected chi connectivity index (χ4v) is 3.63. The molecule has 0 saturated carbocycles.